The smallest absolute Gasteiger partial charge is 0.504 e. The summed E-state index contributed by atoms with van der Waals surface area (Å²) in [7, 11) is 2.09. The van der Waals surface area contributed by atoms with Gasteiger partial charge in [-0.2, -0.15) is 42.6 Å². The summed E-state index contributed by atoms with van der Waals surface area (Å²) in [5, 5.41) is 0. The molecule has 0 unspecified atom stereocenters. The monoisotopic (exact) mass is 661 g/mol. The fourth-order valence-corrected chi connectivity index (χ4v) is 4.24. The number of hydrogen-bond acceptors (Lipinski definition) is 3. The average Bonchev–Trinajstić information content (AvgIpc) is 3.59. The summed E-state index contributed by atoms with van der Waals surface area (Å²) in [6, 6.07) is 41.3. The predicted octanol–water partition coefficient (Wildman–Crippen LogP) is 6.92. The molecule has 0 amide bonds. The van der Waals surface area contributed by atoms with Crippen LogP contribution in [-0.2, 0) is 21.1 Å². The molecule has 0 bridgehead atoms. The Morgan fingerprint density at radius 3 is 2.03 bits per heavy atom. The summed E-state index contributed by atoms with van der Waals surface area (Å²) in [5.74, 6) is 0.741. The zero-order valence-electron chi connectivity index (χ0n) is 20.7. The predicted molar refractivity (Wildman–Crippen MR) is 146 cm³/mol. The largest absolute Gasteiger partial charge is 4.00 e. The normalized spacial score (nSPS) is 12.6. The van der Waals surface area contributed by atoms with E-state index in [-0.39, 0.29) is 21.1 Å². The maximum atomic E-state index is 4.04. The third kappa shape index (κ3) is 6.10. The van der Waals surface area contributed by atoms with Gasteiger partial charge < -0.3 is 19.8 Å². The molecule has 5 heteroatoms. The molecule has 0 saturated carbocycles. The number of rotatable bonds is 4. The van der Waals surface area contributed by atoms with E-state index in [1.165, 1.54) is 28.1 Å². The minimum absolute atomic E-state index is 0. The van der Waals surface area contributed by atoms with Crippen LogP contribution in [0.25, 0.3) is 28.2 Å². The maximum Gasteiger partial charge on any atom is 4.00 e. The van der Waals surface area contributed by atoms with Gasteiger partial charge in [0.1, 0.15) is 0 Å². The molecule has 0 saturated heterocycles. The SMILES string of the molecule is CC1=C(c2ccc(-c3ccccc3)cc2)N(C)[CH-]N1c1[c-]cccc1.[Pt+4].[c-]1ccccc1-c1ncc[n-]1. The molecule has 0 spiro atoms. The van der Waals surface area contributed by atoms with Crippen LogP contribution >= 0.6 is 0 Å². The van der Waals surface area contributed by atoms with E-state index in [0.717, 1.165) is 17.1 Å². The number of hydrogen-bond donors (Lipinski definition) is 0. The van der Waals surface area contributed by atoms with Crippen LogP contribution in [0.4, 0.5) is 5.69 Å². The summed E-state index contributed by atoms with van der Waals surface area (Å²) >= 11 is 0. The second-order valence-electron chi connectivity index (χ2n) is 8.38. The number of anilines is 1. The Bertz CT molecular complexity index is 1400. The van der Waals surface area contributed by atoms with Gasteiger partial charge >= 0.3 is 21.1 Å². The first-order chi connectivity index (χ1) is 17.7. The van der Waals surface area contributed by atoms with Crippen LogP contribution in [0.15, 0.2) is 121 Å². The number of allylic oxidation sites excluding steroid dienone is 1. The standard InChI is InChI=1S/C23H20N2.C9H6N2.Pt/c1-18-23(24(2)17-25(18)22-11-7-4-8-12-22)21-15-13-20(14-16-21)19-9-5-3-6-10-19;1-2-4-8(5-3-1)9-10-6-7-11-9;/h3-11,13-17H,1-2H3;1-4,6-7H;/q2*-2;+4. The van der Waals surface area contributed by atoms with Gasteiger partial charge in [-0.05, 0) is 30.7 Å². The molecule has 1 aliphatic heterocycles. The van der Waals surface area contributed by atoms with Crippen molar-refractivity contribution in [2.45, 2.75) is 6.92 Å². The quantitative estimate of drug-likeness (QED) is 0.196. The van der Waals surface area contributed by atoms with Crippen LogP contribution in [0.2, 0.25) is 0 Å². The second kappa shape index (κ2) is 12.4. The van der Waals surface area contributed by atoms with Gasteiger partial charge in [-0.15, -0.1) is 41.8 Å². The minimum atomic E-state index is 0. The number of benzene rings is 4. The van der Waals surface area contributed by atoms with Crippen molar-refractivity contribution in [1.29, 1.82) is 0 Å². The third-order valence-electron chi connectivity index (χ3n) is 5.97. The first-order valence-corrected chi connectivity index (χ1v) is 11.8. The molecule has 6 rings (SSSR count). The number of aromatic nitrogens is 2. The van der Waals surface area contributed by atoms with E-state index in [9.17, 15) is 0 Å². The first-order valence-electron chi connectivity index (χ1n) is 11.8. The number of para-hydroxylation sites is 1. The zero-order valence-corrected chi connectivity index (χ0v) is 22.9. The Hall–Kier alpha value is -3.88. The Morgan fingerprint density at radius 2 is 1.41 bits per heavy atom. The van der Waals surface area contributed by atoms with Crippen molar-refractivity contribution in [3.63, 3.8) is 0 Å². The van der Waals surface area contributed by atoms with Crippen molar-refractivity contribution >= 4 is 11.4 Å². The summed E-state index contributed by atoms with van der Waals surface area (Å²) < 4.78 is 0. The minimum Gasteiger partial charge on any atom is -0.504 e. The van der Waals surface area contributed by atoms with Gasteiger partial charge in [0.2, 0.25) is 0 Å². The van der Waals surface area contributed by atoms with E-state index < -0.39 is 0 Å². The van der Waals surface area contributed by atoms with E-state index in [1.807, 2.05) is 48.5 Å². The maximum absolute atomic E-state index is 4.04. The van der Waals surface area contributed by atoms with Gasteiger partial charge in [0.15, 0.2) is 0 Å². The molecule has 0 N–H and O–H groups in total. The molecule has 0 radical (unpaired) electrons. The van der Waals surface area contributed by atoms with Crippen LogP contribution in [0.3, 0.4) is 0 Å². The Labute approximate surface area is 233 Å². The van der Waals surface area contributed by atoms with Crippen LogP contribution in [0.5, 0.6) is 0 Å². The van der Waals surface area contributed by atoms with Gasteiger partial charge in [0.05, 0.1) is 0 Å². The van der Waals surface area contributed by atoms with Crippen LogP contribution < -0.4 is 9.88 Å². The van der Waals surface area contributed by atoms with Gasteiger partial charge in [-0.1, -0.05) is 67.0 Å². The fourth-order valence-electron chi connectivity index (χ4n) is 4.24. The first kappa shape index (κ1) is 26.2. The van der Waals surface area contributed by atoms with Crippen molar-refractivity contribution in [3.8, 4) is 22.5 Å². The van der Waals surface area contributed by atoms with E-state index in [0.29, 0.717) is 0 Å². The molecule has 1 aliphatic rings. The third-order valence-corrected chi connectivity index (χ3v) is 5.97. The van der Waals surface area contributed by atoms with E-state index in [4.69, 9.17) is 0 Å². The molecule has 1 aromatic heterocycles. The molecule has 2 heterocycles. The Morgan fingerprint density at radius 1 is 0.757 bits per heavy atom. The summed E-state index contributed by atoms with van der Waals surface area (Å²) in [6.45, 7) is 4.27. The van der Waals surface area contributed by atoms with E-state index in [1.54, 1.807) is 12.4 Å². The molecular formula is C32H26N4Pt. The molecule has 0 atom stereocenters. The molecule has 37 heavy (non-hydrogen) atoms. The van der Waals surface area contributed by atoms with Crippen molar-refractivity contribution in [3.05, 3.63) is 146 Å². The van der Waals surface area contributed by atoms with Crippen molar-refractivity contribution in [2.24, 2.45) is 0 Å². The molecule has 4 aromatic carbocycles. The summed E-state index contributed by atoms with van der Waals surface area (Å²) in [4.78, 5) is 12.4. The van der Waals surface area contributed by atoms with Crippen LogP contribution in [0.1, 0.15) is 12.5 Å². The average molecular weight is 662 g/mol. The zero-order chi connectivity index (χ0) is 24.7. The fraction of sp³-hybridized carbons (Fsp3) is 0.0625. The van der Waals surface area contributed by atoms with E-state index in [2.05, 4.69) is 107 Å². The summed E-state index contributed by atoms with van der Waals surface area (Å²) in [6.07, 6.45) is 3.35. The molecule has 4 nitrogen and oxygen atoms in total. The number of nitrogens with zero attached hydrogens (tertiary/aromatic N) is 4. The van der Waals surface area contributed by atoms with Gasteiger partial charge in [0.25, 0.3) is 0 Å². The number of imidazole rings is 1. The van der Waals surface area contributed by atoms with Crippen LogP contribution in [-0.4, -0.2) is 16.9 Å². The molecule has 5 aromatic rings. The van der Waals surface area contributed by atoms with Gasteiger partial charge in [-0.25, -0.2) is 0 Å². The van der Waals surface area contributed by atoms with Gasteiger partial charge in [0, 0.05) is 11.4 Å². The van der Waals surface area contributed by atoms with Crippen molar-refractivity contribution < 1.29 is 21.1 Å². The topological polar surface area (TPSA) is 33.5 Å². The Kier molecular flexibility index (Phi) is 8.76. The molecular weight excluding hydrogens is 635 g/mol. The molecule has 184 valence electrons. The van der Waals surface area contributed by atoms with Gasteiger partial charge in [-0.3, -0.25) is 0 Å². The van der Waals surface area contributed by atoms with E-state index >= 15 is 0 Å². The second-order valence-corrected chi connectivity index (χ2v) is 8.38. The Balaban J connectivity index is 0.000000224. The molecule has 0 aliphatic carbocycles. The van der Waals surface area contributed by atoms with Crippen molar-refractivity contribution in [2.75, 3.05) is 11.9 Å². The molecule has 0 fully saturated rings. The van der Waals surface area contributed by atoms with Crippen molar-refractivity contribution in [1.82, 2.24) is 14.9 Å². The van der Waals surface area contributed by atoms with Crippen LogP contribution in [0, 0.1) is 18.8 Å². The summed E-state index contributed by atoms with van der Waals surface area (Å²) in [5.41, 5.74) is 8.12.